The van der Waals surface area contributed by atoms with Crippen LogP contribution in [0.4, 0.5) is 0 Å². The second-order valence-electron chi connectivity index (χ2n) is 9.05. The minimum Gasteiger partial charge on any atom is -0.394 e. The number of unbranched alkanes of at least 4 members (excludes halogenated alkanes) is 10. The Bertz CT molecular complexity index is 444. The van der Waals surface area contributed by atoms with Gasteiger partial charge in [0.05, 0.1) is 19.3 Å². The van der Waals surface area contributed by atoms with Crippen LogP contribution >= 0.6 is 0 Å². The molecule has 2 fully saturated rings. The molecule has 0 saturated carbocycles. The molecular formula is C23H44NO4+. The van der Waals surface area contributed by atoms with Gasteiger partial charge in [-0.3, -0.25) is 0 Å². The molecule has 0 aromatic rings. The van der Waals surface area contributed by atoms with Gasteiger partial charge in [-0.25, -0.2) is 9.28 Å². The first-order chi connectivity index (χ1) is 13.6. The molecule has 2 aliphatic heterocycles. The Morgan fingerprint density at radius 2 is 1.64 bits per heavy atom. The lowest BCUT2D eigenvalue weighted by molar-refractivity contribution is -0.907. The first-order valence-electron chi connectivity index (χ1n) is 12.0. The molecular weight excluding hydrogens is 354 g/mol. The Balaban J connectivity index is 1.55. The molecule has 0 aliphatic carbocycles. The Morgan fingerprint density at radius 3 is 2.32 bits per heavy atom. The van der Waals surface area contributed by atoms with Crippen LogP contribution in [0.15, 0.2) is 0 Å². The number of fused-ring (bicyclic) bond motifs is 1. The van der Waals surface area contributed by atoms with Crippen LogP contribution in [-0.4, -0.2) is 58.7 Å². The van der Waals surface area contributed by atoms with E-state index in [0.29, 0.717) is 29.3 Å². The van der Waals surface area contributed by atoms with E-state index in [-0.39, 0.29) is 12.8 Å². The molecule has 1 unspecified atom stereocenters. The summed E-state index contributed by atoms with van der Waals surface area (Å²) in [5.41, 5.74) is 0. The number of ether oxygens (including phenoxy) is 1. The lowest BCUT2D eigenvalue weighted by Gasteiger charge is -2.42. The summed E-state index contributed by atoms with van der Waals surface area (Å²) in [5.74, 6) is 0.397. The van der Waals surface area contributed by atoms with E-state index in [9.17, 15) is 9.90 Å². The molecule has 2 aliphatic rings. The summed E-state index contributed by atoms with van der Waals surface area (Å²) in [4.78, 5) is 12.4. The molecule has 4 atom stereocenters. The van der Waals surface area contributed by atoms with E-state index in [1.807, 2.05) is 0 Å². The van der Waals surface area contributed by atoms with Crippen LogP contribution in [0.25, 0.3) is 0 Å². The van der Waals surface area contributed by atoms with Crippen molar-refractivity contribution in [1.29, 1.82) is 0 Å². The number of carbonyl (C=O) groups excluding carboxylic acids is 1. The Morgan fingerprint density at radius 1 is 1.00 bits per heavy atom. The Kier molecular flexibility index (Phi) is 11.0. The van der Waals surface area contributed by atoms with E-state index in [0.717, 1.165) is 38.8 Å². The zero-order valence-electron chi connectivity index (χ0n) is 18.1. The van der Waals surface area contributed by atoms with Gasteiger partial charge in [0, 0.05) is 0 Å². The number of nitrogens with zero attached hydrogens (tertiary/aromatic N) is 1. The zero-order chi connectivity index (χ0) is 20.2. The fraction of sp³-hybridized carbons (Fsp3) is 0.957. The van der Waals surface area contributed by atoms with Gasteiger partial charge >= 0.3 is 5.91 Å². The average Bonchev–Trinajstić information content (AvgIpc) is 2.98. The molecule has 2 rings (SSSR count). The molecule has 0 radical (unpaired) electrons. The maximum absolute atomic E-state index is 12.4. The van der Waals surface area contributed by atoms with E-state index in [1.54, 1.807) is 0 Å². The third kappa shape index (κ3) is 7.08. The normalized spacial score (nSPS) is 27.6. The smallest absolute Gasteiger partial charge is 0.324 e. The number of carbonyl (C=O) groups is 1. The van der Waals surface area contributed by atoms with Gasteiger partial charge in [0.25, 0.3) is 0 Å². The van der Waals surface area contributed by atoms with Crippen molar-refractivity contribution in [2.24, 2.45) is 0 Å². The largest absolute Gasteiger partial charge is 0.394 e. The molecule has 5 heteroatoms. The van der Waals surface area contributed by atoms with Crippen molar-refractivity contribution in [3.8, 4) is 0 Å². The number of aliphatic hydroxyl groups excluding tert-OH is 2. The van der Waals surface area contributed by atoms with Crippen LogP contribution in [0.5, 0.6) is 0 Å². The van der Waals surface area contributed by atoms with Gasteiger partial charge in [-0.2, -0.15) is 0 Å². The van der Waals surface area contributed by atoms with Crippen molar-refractivity contribution < 1.29 is 24.2 Å². The summed E-state index contributed by atoms with van der Waals surface area (Å²) in [6, 6.07) is 0. The minimum absolute atomic E-state index is 0.128. The molecule has 2 heterocycles. The summed E-state index contributed by atoms with van der Waals surface area (Å²) < 4.78 is 6.83. The fourth-order valence-corrected chi connectivity index (χ4v) is 4.81. The first kappa shape index (κ1) is 23.8. The summed E-state index contributed by atoms with van der Waals surface area (Å²) >= 11 is 0. The Hall–Kier alpha value is -0.490. The van der Waals surface area contributed by atoms with Crippen molar-refractivity contribution in [2.45, 2.75) is 122 Å². The van der Waals surface area contributed by atoms with Crippen LogP contribution in [-0.2, 0) is 9.53 Å². The minimum atomic E-state index is -0.551. The lowest BCUT2D eigenvalue weighted by Crippen LogP contribution is -2.66. The van der Waals surface area contributed by atoms with E-state index >= 15 is 0 Å². The lowest BCUT2D eigenvalue weighted by atomic mass is 10.0. The van der Waals surface area contributed by atoms with Crippen molar-refractivity contribution in [3.05, 3.63) is 0 Å². The molecule has 2 saturated heterocycles. The number of aliphatic hydroxyl groups is 2. The molecule has 0 spiro atoms. The standard InChI is InChI=1S/C23H44NO4/c1-2-3-4-5-9-12-15-21-18-24(22(27)17-23(24)28-21)16-13-10-7-6-8-11-14-20(26)19-25/h20-21,23,25-26H,2-19H2,1H3/q+1/t20-,21-,23-,24?/m0/s1. The van der Waals surface area contributed by atoms with Crippen LogP contribution in [0, 0.1) is 0 Å². The number of β-lactam (4-membered cyclic amide) rings is 1. The summed E-state index contributed by atoms with van der Waals surface area (Å²) in [6.07, 6.45) is 16.9. The number of amides is 1. The van der Waals surface area contributed by atoms with Crippen LogP contribution < -0.4 is 0 Å². The number of rotatable bonds is 17. The van der Waals surface area contributed by atoms with Crippen molar-refractivity contribution in [3.63, 3.8) is 0 Å². The predicted octanol–water partition coefficient (Wildman–Crippen LogP) is 4.29. The molecule has 0 aromatic carbocycles. The summed E-state index contributed by atoms with van der Waals surface area (Å²) in [5, 5.41) is 18.1. The van der Waals surface area contributed by atoms with Crippen LogP contribution in [0.2, 0.25) is 0 Å². The Labute approximate surface area is 172 Å². The number of hydrogen-bond acceptors (Lipinski definition) is 4. The molecule has 1 amide bonds. The zero-order valence-corrected chi connectivity index (χ0v) is 18.1. The highest BCUT2D eigenvalue weighted by molar-refractivity contribution is 5.74. The number of quaternary nitrogens is 1. The van der Waals surface area contributed by atoms with E-state index in [2.05, 4.69) is 6.92 Å². The van der Waals surface area contributed by atoms with Crippen molar-refractivity contribution in [1.82, 2.24) is 0 Å². The van der Waals surface area contributed by atoms with Crippen LogP contribution in [0.3, 0.4) is 0 Å². The van der Waals surface area contributed by atoms with Gasteiger partial charge in [-0.05, 0) is 25.7 Å². The third-order valence-corrected chi connectivity index (χ3v) is 6.71. The van der Waals surface area contributed by atoms with Crippen LogP contribution in [0.1, 0.15) is 103 Å². The second-order valence-corrected chi connectivity index (χ2v) is 9.05. The highest BCUT2D eigenvalue weighted by atomic mass is 16.5. The van der Waals surface area contributed by atoms with E-state index in [4.69, 9.17) is 9.84 Å². The molecule has 2 N–H and O–H groups in total. The number of hydrogen-bond donors (Lipinski definition) is 2. The third-order valence-electron chi connectivity index (χ3n) is 6.71. The SMILES string of the molecule is CCCCCCCC[C@H]1C[N+]2(CCCCCCCC[C@H](O)CO)C(=O)C[C@@H]2O1. The maximum Gasteiger partial charge on any atom is 0.324 e. The molecule has 0 bridgehead atoms. The fourth-order valence-electron chi connectivity index (χ4n) is 4.81. The first-order valence-corrected chi connectivity index (χ1v) is 12.0. The summed E-state index contributed by atoms with van der Waals surface area (Å²) in [7, 11) is 0. The van der Waals surface area contributed by atoms with Gasteiger partial charge in [-0.15, -0.1) is 0 Å². The molecule has 164 valence electrons. The van der Waals surface area contributed by atoms with Gasteiger partial charge in [0.1, 0.15) is 19.1 Å². The quantitative estimate of drug-likeness (QED) is 0.218. The van der Waals surface area contributed by atoms with Gasteiger partial charge in [0.2, 0.25) is 6.23 Å². The highest BCUT2D eigenvalue weighted by Gasteiger charge is 2.61. The highest BCUT2D eigenvalue weighted by Crippen LogP contribution is 2.40. The monoisotopic (exact) mass is 398 g/mol. The summed E-state index contributed by atoms with van der Waals surface area (Å²) in [6.45, 7) is 4.00. The van der Waals surface area contributed by atoms with Gasteiger partial charge < -0.3 is 14.9 Å². The predicted molar refractivity (Wildman–Crippen MR) is 112 cm³/mol. The average molecular weight is 399 g/mol. The van der Waals surface area contributed by atoms with E-state index < -0.39 is 6.10 Å². The van der Waals surface area contributed by atoms with E-state index in [1.165, 1.54) is 57.8 Å². The molecule has 28 heavy (non-hydrogen) atoms. The van der Waals surface area contributed by atoms with Gasteiger partial charge in [0.15, 0.2) is 0 Å². The molecule has 0 aromatic heterocycles. The van der Waals surface area contributed by atoms with Crippen molar-refractivity contribution >= 4 is 5.91 Å². The maximum atomic E-state index is 12.4. The van der Waals surface area contributed by atoms with Gasteiger partial charge in [-0.1, -0.05) is 71.1 Å². The second kappa shape index (κ2) is 12.9. The topological polar surface area (TPSA) is 66.8 Å². The molecule has 5 nitrogen and oxygen atoms in total. The van der Waals surface area contributed by atoms with Crippen molar-refractivity contribution in [2.75, 3.05) is 19.7 Å².